The molecule has 1 aliphatic heterocycles. The van der Waals surface area contributed by atoms with Gasteiger partial charge in [-0.2, -0.15) is 0 Å². The number of alkyl carbamates (subject to hydrolysis) is 1. The molecule has 0 spiro atoms. The predicted molar refractivity (Wildman–Crippen MR) is 172 cm³/mol. The third kappa shape index (κ3) is 11.2. The van der Waals surface area contributed by atoms with Gasteiger partial charge in [0, 0.05) is 42.5 Å². The molecule has 1 aliphatic rings. The van der Waals surface area contributed by atoms with Crippen LogP contribution in [0.4, 0.5) is 10.5 Å². The van der Waals surface area contributed by atoms with E-state index in [2.05, 4.69) is 33.8 Å². The molecule has 0 bridgehead atoms. The number of nitrogens with one attached hydrogen (secondary N) is 2. The van der Waals surface area contributed by atoms with E-state index in [0.29, 0.717) is 57.2 Å². The van der Waals surface area contributed by atoms with E-state index in [0.717, 1.165) is 16.0 Å². The smallest absolute Gasteiger partial charge is 0.407 e. The van der Waals surface area contributed by atoms with E-state index < -0.39 is 24.3 Å². The van der Waals surface area contributed by atoms with E-state index in [4.69, 9.17) is 15.2 Å². The van der Waals surface area contributed by atoms with Gasteiger partial charge in [-0.25, -0.2) is 9.10 Å². The summed E-state index contributed by atoms with van der Waals surface area (Å²) in [5.41, 5.74) is 8.66. The maximum atomic E-state index is 12.7. The van der Waals surface area contributed by atoms with Crippen LogP contribution in [-0.2, 0) is 27.1 Å². The second kappa shape index (κ2) is 17.1. The van der Waals surface area contributed by atoms with Crippen molar-refractivity contribution in [3.05, 3.63) is 90.3 Å². The molecule has 0 saturated carbocycles. The van der Waals surface area contributed by atoms with Crippen LogP contribution in [0.3, 0.4) is 0 Å². The molecule has 0 aliphatic carbocycles. The Bertz CT molecular complexity index is 1290. The average molecular weight is 622 g/mol. The minimum absolute atomic E-state index is 0.269. The van der Waals surface area contributed by atoms with Crippen LogP contribution in [-0.4, -0.2) is 77.0 Å². The summed E-state index contributed by atoms with van der Waals surface area (Å²) in [5.74, 6) is 0.0668. The average Bonchev–Trinajstić information content (AvgIpc) is 3.51. The van der Waals surface area contributed by atoms with Gasteiger partial charge in [0.15, 0.2) is 0 Å². The fraction of sp³-hybridized carbons (Fsp3) is 0.424. The summed E-state index contributed by atoms with van der Waals surface area (Å²) in [5, 5.41) is 17.2. The molecule has 0 unspecified atom stereocenters. The monoisotopic (exact) mass is 621 g/mol. The lowest BCUT2D eigenvalue weighted by Crippen LogP contribution is -2.49. The molecule has 1 fully saturated rings. The molecule has 44 heavy (non-hydrogen) atoms. The summed E-state index contributed by atoms with van der Waals surface area (Å²) in [7, 11) is 0. The number of rotatable bonds is 15. The molecule has 236 valence electrons. The maximum Gasteiger partial charge on any atom is 0.407 e. The summed E-state index contributed by atoms with van der Waals surface area (Å²) in [4.78, 5) is 30.4. The number of pyridine rings is 1. The zero-order valence-corrected chi connectivity index (χ0v) is 26.1. The van der Waals surface area contributed by atoms with Crippen LogP contribution in [0.5, 0.6) is 0 Å². The normalized spacial score (nSPS) is 16.8. The van der Waals surface area contributed by atoms with Crippen molar-refractivity contribution in [2.24, 2.45) is 11.7 Å². The standard InChI is InChI=1S/C33H43N5O5S/c1-23(2)20-38(44-28-12-10-26(11-13-28)36-32(40)29(34)17-25-9-6-15-35-19-25)21-31(39)30(18-24-7-4-3-5-8-24)37-33(41)43-27-14-16-42-22-27/h3-13,15,19,23,27,29-31,39H,14,16-18,20-22,34H2,1-2H3,(H,36,40)(H,37,41)/t27-,29-,30-,31+/m0/s1. The Morgan fingerprint density at radius 2 is 1.82 bits per heavy atom. The Balaban J connectivity index is 1.37. The number of carbonyl (C=O) groups is 2. The van der Waals surface area contributed by atoms with Crippen molar-refractivity contribution in [1.29, 1.82) is 0 Å². The van der Waals surface area contributed by atoms with Gasteiger partial charge in [0.25, 0.3) is 0 Å². The Kier molecular flexibility index (Phi) is 13.0. The number of carbonyl (C=O) groups excluding carboxylic acids is 2. The number of nitrogens with two attached hydrogens (primary N) is 1. The summed E-state index contributed by atoms with van der Waals surface area (Å²) in [6.45, 7) is 6.23. The lowest BCUT2D eigenvalue weighted by molar-refractivity contribution is -0.117. The molecule has 2 amide bonds. The van der Waals surface area contributed by atoms with Crippen LogP contribution in [0.1, 0.15) is 31.4 Å². The molecule has 1 saturated heterocycles. The number of benzene rings is 2. The number of nitrogens with zero attached hydrogens (tertiary/aromatic N) is 2. The largest absolute Gasteiger partial charge is 0.444 e. The molecule has 2 aromatic carbocycles. The Hall–Kier alpha value is -3.48. The highest BCUT2D eigenvalue weighted by atomic mass is 32.2. The second-order valence-electron chi connectivity index (χ2n) is 11.4. The van der Waals surface area contributed by atoms with Crippen molar-refractivity contribution in [3.63, 3.8) is 0 Å². The fourth-order valence-electron chi connectivity index (χ4n) is 4.83. The number of aliphatic hydroxyl groups excluding tert-OH is 1. The van der Waals surface area contributed by atoms with Crippen LogP contribution >= 0.6 is 11.9 Å². The van der Waals surface area contributed by atoms with Gasteiger partial charge < -0.3 is 30.9 Å². The van der Waals surface area contributed by atoms with E-state index in [-0.39, 0.29) is 12.0 Å². The quantitative estimate of drug-likeness (QED) is 0.185. The molecule has 5 N–H and O–H groups in total. The number of hydrogen-bond acceptors (Lipinski definition) is 9. The van der Waals surface area contributed by atoms with Crippen LogP contribution in [0.25, 0.3) is 0 Å². The fourth-order valence-corrected chi connectivity index (χ4v) is 5.99. The molecule has 4 atom stereocenters. The summed E-state index contributed by atoms with van der Waals surface area (Å²) >= 11 is 1.52. The molecular formula is C33H43N5O5S. The number of aliphatic hydroxyl groups is 1. The summed E-state index contributed by atoms with van der Waals surface area (Å²) in [6.07, 6.45) is 3.21. The molecule has 3 aromatic rings. The number of aromatic nitrogens is 1. The van der Waals surface area contributed by atoms with Gasteiger partial charge in [-0.1, -0.05) is 50.2 Å². The molecule has 2 heterocycles. The van der Waals surface area contributed by atoms with Crippen LogP contribution < -0.4 is 16.4 Å². The van der Waals surface area contributed by atoms with Crippen molar-refractivity contribution in [1.82, 2.24) is 14.6 Å². The van der Waals surface area contributed by atoms with E-state index in [1.165, 1.54) is 11.9 Å². The molecule has 4 rings (SSSR count). The van der Waals surface area contributed by atoms with Gasteiger partial charge in [0.05, 0.1) is 31.4 Å². The highest BCUT2D eigenvalue weighted by molar-refractivity contribution is 7.97. The van der Waals surface area contributed by atoms with Crippen molar-refractivity contribution >= 4 is 29.6 Å². The van der Waals surface area contributed by atoms with Crippen LogP contribution in [0.2, 0.25) is 0 Å². The number of anilines is 1. The molecule has 10 nitrogen and oxygen atoms in total. The van der Waals surface area contributed by atoms with E-state index in [9.17, 15) is 14.7 Å². The van der Waals surface area contributed by atoms with Crippen molar-refractivity contribution < 1.29 is 24.2 Å². The first-order valence-corrected chi connectivity index (χ1v) is 15.8. The van der Waals surface area contributed by atoms with E-state index in [1.807, 2.05) is 66.7 Å². The van der Waals surface area contributed by atoms with Crippen LogP contribution in [0, 0.1) is 5.92 Å². The topological polar surface area (TPSA) is 139 Å². The molecule has 11 heteroatoms. The maximum absolute atomic E-state index is 12.7. The molecular weight excluding hydrogens is 578 g/mol. The van der Waals surface area contributed by atoms with Crippen molar-refractivity contribution in [2.45, 2.75) is 62.3 Å². The van der Waals surface area contributed by atoms with E-state index in [1.54, 1.807) is 12.4 Å². The van der Waals surface area contributed by atoms with Crippen molar-refractivity contribution in [3.8, 4) is 0 Å². The first-order chi connectivity index (χ1) is 21.2. The third-order valence-electron chi connectivity index (χ3n) is 7.06. The Labute approximate surface area is 263 Å². The highest BCUT2D eigenvalue weighted by Crippen LogP contribution is 2.26. The van der Waals surface area contributed by atoms with Gasteiger partial charge in [-0.3, -0.25) is 9.78 Å². The number of ether oxygens (including phenoxy) is 2. The third-order valence-corrected chi connectivity index (χ3v) is 8.10. The van der Waals surface area contributed by atoms with Crippen LogP contribution in [0.15, 0.2) is 84.0 Å². The Morgan fingerprint density at radius 1 is 1.07 bits per heavy atom. The SMILES string of the molecule is CC(C)CN(C[C@@H](O)[C@H](Cc1ccccc1)NC(=O)O[C@H]1CCOC1)Sc1ccc(NC(=O)[C@@H](N)Cc2cccnc2)cc1. The predicted octanol–water partition coefficient (Wildman–Crippen LogP) is 4.04. The highest BCUT2D eigenvalue weighted by Gasteiger charge is 2.28. The minimum Gasteiger partial charge on any atom is -0.444 e. The zero-order valence-electron chi connectivity index (χ0n) is 25.3. The Morgan fingerprint density at radius 3 is 2.48 bits per heavy atom. The van der Waals surface area contributed by atoms with Gasteiger partial charge >= 0.3 is 6.09 Å². The summed E-state index contributed by atoms with van der Waals surface area (Å²) < 4.78 is 13.0. The van der Waals surface area contributed by atoms with E-state index >= 15 is 0 Å². The lowest BCUT2D eigenvalue weighted by Gasteiger charge is -2.30. The molecule has 0 radical (unpaired) electrons. The zero-order chi connectivity index (χ0) is 31.3. The van der Waals surface area contributed by atoms with Crippen molar-refractivity contribution in [2.75, 3.05) is 31.6 Å². The first-order valence-electron chi connectivity index (χ1n) is 15.0. The molecule has 1 aromatic heterocycles. The van der Waals surface area contributed by atoms with Gasteiger partial charge in [-0.05, 0) is 72.2 Å². The summed E-state index contributed by atoms with van der Waals surface area (Å²) in [6, 6.07) is 19.7. The van der Waals surface area contributed by atoms with Gasteiger partial charge in [-0.15, -0.1) is 0 Å². The van der Waals surface area contributed by atoms with Gasteiger partial charge in [0.1, 0.15) is 6.10 Å². The van der Waals surface area contributed by atoms with Gasteiger partial charge in [0.2, 0.25) is 5.91 Å². The number of hydrogen-bond donors (Lipinski definition) is 4. The minimum atomic E-state index is -0.867. The number of amides is 2. The first kappa shape index (κ1) is 33.4. The second-order valence-corrected chi connectivity index (χ2v) is 12.6. The lowest BCUT2D eigenvalue weighted by atomic mass is 10.0.